The summed E-state index contributed by atoms with van der Waals surface area (Å²) >= 11 is 7.04. The number of esters is 1. The Morgan fingerprint density at radius 1 is 1.38 bits per heavy atom. The minimum absolute atomic E-state index is 0.0151. The molecule has 0 aliphatic carbocycles. The maximum absolute atomic E-state index is 12.3. The summed E-state index contributed by atoms with van der Waals surface area (Å²) in [4.78, 5) is 26.8. The van der Waals surface area contributed by atoms with Crippen LogP contribution in [0.15, 0.2) is 29.6 Å². The Hall–Kier alpha value is -2.78. The van der Waals surface area contributed by atoms with Crippen LogP contribution in [0.4, 0.5) is 5.00 Å². The van der Waals surface area contributed by atoms with Gasteiger partial charge >= 0.3 is 11.0 Å². The first-order chi connectivity index (χ1) is 12.3. The molecule has 0 aliphatic heterocycles. The van der Waals surface area contributed by atoms with Crippen molar-refractivity contribution in [3.63, 3.8) is 0 Å². The number of nitro groups is 1. The van der Waals surface area contributed by atoms with E-state index in [-0.39, 0.29) is 22.3 Å². The lowest BCUT2D eigenvalue weighted by Gasteiger charge is -2.08. The first-order valence-corrected chi connectivity index (χ1v) is 8.70. The Balaban J connectivity index is 1.79. The molecule has 0 fully saturated rings. The molecule has 0 saturated heterocycles. The van der Waals surface area contributed by atoms with Crippen LogP contribution in [0.5, 0.6) is 0 Å². The van der Waals surface area contributed by atoms with Gasteiger partial charge in [-0.2, -0.15) is 5.10 Å². The number of carbonyl (C=O) groups is 1. The standard InChI is InChI=1S/C16H13ClN4O4S/c1-9-5-10(2)20(19-9)13-4-3-12(17)15(18-13)16(22)25-7-11-6-14(21(23)24)26-8-11/h3-6,8H,7H2,1-2H3. The molecule has 0 bridgehead atoms. The zero-order chi connectivity index (χ0) is 18.8. The quantitative estimate of drug-likeness (QED) is 0.371. The third kappa shape index (κ3) is 3.73. The van der Waals surface area contributed by atoms with E-state index in [2.05, 4.69) is 10.1 Å². The predicted octanol–water partition coefficient (Wildman–Crippen LogP) is 3.86. The fraction of sp³-hybridized carbons (Fsp3) is 0.188. The van der Waals surface area contributed by atoms with E-state index in [1.165, 1.54) is 6.07 Å². The van der Waals surface area contributed by atoms with Gasteiger partial charge in [0.2, 0.25) is 0 Å². The van der Waals surface area contributed by atoms with Crippen LogP contribution in [-0.4, -0.2) is 25.7 Å². The van der Waals surface area contributed by atoms with Crippen LogP contribution in [0.25, 0.3) is 5.82 Å². The molecular weight excluding hydrogens is 380 g/mol. The van der Waals surface area contributed by atoms with Crippen molar-refractivity contribution in [2.24, 2.45) is 0 Å². The van der Waals surface area contributed by atoms with E-state index in [1.807, 2.05) is 19.9 Å². The molecule has 10 heteroatoms. The van der Waals surface area contributed by atoms with Crippen LogP contribution >= 0.6 is 22.9 Å². The Morgan fingerprint density at radius 2 is 2.15 bits per heavy atom. The molecule has 0 aliphatic rings. The van der Waals surface area contributed by atoms with Gasteiger partial charge in [-0.05, 0) is 32.0 Å². The number of nitrogens with zero attached hydrogens (tertiary/aromatic N) is 4. The molecule has 0 saturated carbocycles. The average molecular weight is 393 g/mol. The van der Waals surface area contributed by atoms with E-state index >= 15 is 0 Å². The molecule has 26 heavy (non-hydrogen) atoms. The van der Waals surface area contributed by atoms with Crippen LogP contribution in [0.2, 0.25) is 5.02 Å². The molecule has 3 aromatic rings. The number of hydrogen-bond acceptors (Lipinski definition) is 7. The van der Waals surface area contributed by atoms with Crippen LogP contribution < -0.4 is 0 Å². The van der Waals surface area contributed by atoms with Gasteiger partial charge in [0, 0.05) is 22.7 Å². The van der Waals surface area contributed by atoms with E-state index in [1.54, 1.807) is 22.2 Å². The summed E-state index contributed by atoms with van der Waals surface area (Å²) in [6.45, 7) is 3.62. The fourth-order valence-corrected chi connectivity index (χ4v) is 3.20. The number of pyridine rings is 1. The minimum atomic E-state index is -0.716. The number of ether oxygens (including phenoxy) is 1. The van der Waals surface area contributed by atoms with E-state index in [4.69, 9.17) is 16.3 Å². The molecule has 0 N–H and O–H groups in total. The van der Waals surface area contributed by atoms with Crippen molar-refractivity contribution in [1.82, 2.24) is 14.8 Å². The number of halogens is 1. The largest absolute Gasteiger partial charge is 0.456 e. The van der Waals surface area contributed by atoms with Crippen LogP contribution in [0.3, 0.4) is 0 Å². The van der Waals surface area contributed by atoms with Crippen molar-refractivity contribution in [2.75, 3.05) is 0 Å². The van der Waals surface area contributed by atoms with E-state index < -0.39 is 10.9 Å². The minimum Gasteiger partial charge on any atom is -0.456 e. The summed E-state index contributed by atoms with van der Waals surface area (Å²) in [5, 5.41) is 16.7. The SMILES string of the molecule is Cc1cc(C)n(-c2ccc(Cl)c(C(=O)OCc3csc([N+](=O)[O-])c3)n2)n1. The molecule has 3 aromatic heterocycles. The Morgan fingerprint density at radius 3 is 2.77 bits per heavy atom. The van der Waals surface area contributed by atoms with E-state index in [9.17, 15) is 14.9 Å². The molecule has 0 aromatic carbocycles. The maximum atomic E-state index is 12.3. The van der Waals surface area contributed by atoms with Crippen molar-refractivity contribution in [3.8, 4) is 5.82 Å². The van der Waals surface area contributed by atoms with Crippen molar-refractivity contribution in [1.29, 1.82) is 0 Å². The smallest absolute Gasteiger partial charge is 0.358 e. The summed E-state index contributed by atoms with van der Waals surface area (Å²) in [7, 11) is 0. The van der Waals surface area contributed by atoms with E-state index in [0.717, 1.165) is 22.7 Å². The normalized spacial score (nSPS) is 10.7. The van der Waals surface area contributed by atoms with Gasteiger partial charge in [-0.3, -0.25) is 10.1 Å². The molecule has 8 nitrogen and oxygen atoms in total. The molecular formula is C16H13ClN4O4S. The highest BCUT2D eigenvalue weighted by molar-refractivity contribution is 7.13. The number of thiophene rings is 1. The molecule has 0 radical (unpaired) electrons. The summed E-state index contributed by atoms with van der Waals surface area (Å²) in [5.74, 6) is -0.273. The topological polar surface area (TPSA) is 100 Å². The monoisotopic (exact) mass is 392 g/mol. The fourth-order valence-electron chi connectivity index (χ4n) is 2.31. The third-order valence-electron chi connectivity index (χ3n) is 3.44. The molecule has 0 atom stereocenters. The van der Waals surface area contributed by atoms with Crippen LogP contribution in [0, 0.1) is 24.0 Å². The first-order valence-electron chi connectivity index (χ1n) is 7.44. The Bertz CT molecular complexity index is 998. The van der Waals surface area contributed by atoms with Gasteiger partial charge in [0.1, 0.15) is 6.61 Å². The summed E-state index contributed by atoms with van der Waals surface area (Å²) in [5.41, 5.74) is 2.17. The van der Waals surface area contributed by atoms with Crippen molar-refractivity contribution in [3.05, 3.63) is 67.4 Å². The molecule has 0 unspecified atom stereocenters. The second-order valence-electron chi connectivity index (χ2n) is 5.47. The zero-order valence-corrected chi connectivity index (χ0v) is 15.4. The predicted molar refractivity (Wildman–Crippen MR) is 95.9 cm³/mol. The molecule has 0 spiro atoms. The lowest BCUT2D eigenvalue weighted by molar-refractivity contribution is -0.380. The highest BCUT2D eigenvalue weighted by Crippen LogP contribution is 2.24. The average Bonchev–Trinajstić information content (AvgIpc) is 3.19. The number of aromatic nitrogens is 3. The Kier molecular flexibility index (Phi) is 5.01. The van der Waals surface area contributed by atoms with Gasteiger partial charge in [0.05, 0.1) is 15.6 Å². The second-order valence-corrected chi connectivity index (χ2v) is 6.76. The van der Waals surface area contributed by atoms with Gasteiger partial charge in [-0.1, -0.05) is 22.9 Å². The van der Waals surface area contributed by atoms with Crippen molar-refractivity contribution in [2.45, 2.75) is 20.5 Å². The van der Waals surface area contributed by atoms with Crippen molar-refractivity contribution >= 4 is 33.9 Å². The third-order valence-corrected chi connectivity index (χ3v) is 4.68. The number of hydrogen-bond donors (Lipinski definition) is 0. The molecule has 134 valence electrons. The molecule has 3 rings (SSSR count). The van der Waals surface area contributed by atoms with Gasteiger partial charge in [0.25, 0.3) is 0 Å². The number of rotatable bonds is 5. The lowest BCUT2D eigenvalue weighted by Crippen LogP contribution is -2.11. The highest BCUT2D eigenvalue weighted by atomic mass is 35.5. The molecule has 0 amide bonds. The van der Waals surface area contributed by atoms with Gasteiger partial charge < -0.3 is 4.74 Å². The summed E-state index contributed by atoms with van der Waals surface area (Å²) in [6.07, 6.45) is 0. The van der Waals surface area contributed by atoms with E-state index in [0.29, 0.717) is 11.4 Å². The lowest BCUT2D eigenvalue weighted by atomic mass is 10.3. The van der Waals surface area contributed by atoms with Gasteiger partial charge in [-0.25, -0.2) is 14.5 Å². The number of aryl methyl sites for hydroxylation is 2. The molecule has 3 heterocycles. The van der Waals surface area contributed by atoms with Gasteiger partial charge in [-0.15, -0.1) is 0 Å². The van der Waals surface area contributed by atoms with Gasteiger partial charge in [0.15, 0.2) is 11.5 Å². The summed E-state index contributed by atoms with van der Waals surface area (Å²) < 4.78 is 6.78. The van der Waals surface area contributed by atoms with Crippen LogP contribution in [-0.2, 0) is 11.3 Å². The second kappa shape index (κ2) is 7.22. The summed E-state index contributed by atoms with van der Waals surface area (Å²) in [6, 6.07) is 6.45. The first kappa shape index (κ1) is 18.0. The number of carbonyl (C=O) groups excluding carboxylic acids is 1. The van der Waals surface area contributed by atoms with Crippen LogP contribution in [0.1, 0.15) is 27.4 Å². The maximum Gasteiger partial charge on any atom is 0.358 e. The zero-order valence-electron chi connectivity index (χ0n) is 13.8. The van der Waals surface area contributed by atoms with Crippen molar-refractivity contribution < 1.29 is 14.5 Å². The Labute approximate surface area is 157 Å². The highest BCUT2D eigenvalue weighted by Gasteiger charge is 2.18.